The maximum absolute atomic E-state index is 11.5. The van der Waals surface area contributed by atoms with Gasteiger partial charge in [0.25, 0.3) is 0 Å². The van der Waals surface area contributed by atoms with Crippen LogP contribution in [-0.2, 0) is 17.6 Å². The highest BCUT2D eigenvalue weighted by Crippen LogP contribution is 2.18. The smallest absolute Gasteiger partial charge is 0.243 e. The number of carbonyl (C=O) groups excluding carboxylic acids is 1. The minimum Gasteiger partial charge on any atom is -0.352 e. The van der Waals surface area contributed by atoms with Gasteiger partial charge in [-0.15, -0.1) is 5.10 Å². The molecular weight excluding hydrogens is 230 g/mol. The van der Waals surface area contributed by atoms with Gasteiger partial charge in [-0.2, -0.15) is 5.10 Å². The molecule has 0 saturated heterocycles. The molecule has 1 aliphatic carbocycles. The van der Waals surface area contributed by atoms with E-state index in [2.05, 4.69) is 25.8 Å². The van der Waals surface area contributed by atoms with Crippen LogP contribution in [-0.4, -0.2) is 33.7 Å². The van der Waals surface area contributed by atoms with Crippen molar-refractivity contribution in [3.63, 3.8) is 0 Å². The van der Waals surface area contributed by atoms with Crippen molar-refractivity contribution in [3.05, 3.63) is 11.4 Å². The Morgan fingerprint density at radius 2 is 1.94 bits per heavy atom. The zero-order chi connectivity index (χ0) is 13.0. The number of rotatable bonds is 6. The number of hydrogen-bond acceptors (Lipinski definition) is 5. The van der Waals surface area contributed by atoms with Gasteiger partial charge in [-0.05, 0) is 25.7 Å². The van der Waals surface area contributed by atoms with Crippen molar-refractivity contribution in [2.24, 2.45) is 0 Å². The van der Waals surface area contributed by atoms with Crippen LogP contribution in [0.1, 0.15) is 38.1 Å². The number of carbonyl (C=O) groups is 1. The van der Waals surface area contributed by atoms with E-state index in [-0.39, 0.29) is 12.5 Å². The molecule has 18 heavy (non-hydrogen) atoms. The quantitative estimate of drug-likeness (QED) is 0.775. The fourth-order valence-electron chi connectivity index (χ4n) is 1.68. The molecule has 0 aliphatic heterocycles. The fraction of sp³-hybridized carbons (Fsp3) is 0.667. The maximum Gasteiger partial charge on any atom is 0.243 e. The van der Waals surface area contributed by atoms with E-state index in [4.69, 9.17) is 0 Å². The third-order valence-electron chi connectivity index (χ3n) is 2.86. The Morgan fingerprint density at radius 3 is 2.56 bits per heavy atom. The van der Waals surface area contributed by atoms with Crippen molar-refractivity contribution >= 4 is 11.9 Å². The summed E-state index contributed by atoms with van der Waals surface area (Å²) in [5, 5.41) is 13.9. The van der Waals surface area contributed by atoms with Gasteiger partial charge >= 0.3 is 0 Å². The van der Waals surface area contributed by atoms with Crippen LogP contribution < -0.4 is 10.6 Å². The van der Waals surface area contributed by atoms with Crippen LogP contribution in [0.4, 0.5) is 5.95 Å². The van der Waals surface area contributed by atoms with Crippen molar-refractivity contribution in [3.8, 4) is 0 Å². The van der Waals surface area contributed by atoms with Gasteiger partial charge in [-0.3, -0.25) is 4.79 Å². The van der Waals surface area contributed by atoms with E-state index < -0.39 is 0 Å². The van der Waals surface area contributed by atoms with Crippen molar-refractivity contribution in [1.82, 2.24) is 20.5 Å². The maximum atomic E-state index is 11.5. The molecule has 0 bridgehead atoms. The number of anilines is 1. The van der Waals surface area contributed by atoms with Crippen LogP contribution >= 0.6 is 0 Å². The SMILES string of the molecule is CCc1nnc(NCC(=O)NC2CC2)nc1CC. The number of aromatic nitrogens is 3. The average Bonchev–Trinajstić information content (AvgIpc) is 3.19. The number of hydrogen-bond donors (Lipinski definition) is 2. The monoisotopic (exact) mass is 249 g/mol. The van der Waals surface area contributed by atoms with Crippen molar-refractivity contribution in [2.75, 3.05) is 11.9 Å². The lowest BCUT2D eigenvalue weighted by molar-refractivity contribution is -0.119. The minimum absolute atomic E-state index is 0.0151. The fourth-order valence-corrected chi connectivity index (χ4v) is 1.68. The summed E-state index contributed by atoms with van der Waals surface area (Å²) in [4.78, 5) is 15.9. The standard InChI is InChI=1S/C12H19N5O/c1-3-9-10(4-2)16-17-12(15-9)13-7-11(18)14-8-5-6-8/h8H,3-7H2,1-2H3,(H,14,18)(H,13,15,17). The first-order valence-corrected chi connectivity index (χ1v) is 6.48. The molecule has 0 aromatic carbocycles. The summed E-state index contributed by atoms with van der Waals surface area (Å²) in [5.74, 6) is 0.411. The summed E-state index contributed by atoms with van der Waals surface area (Å²) in [6.07, 6.45) is 3.83. The minimum atomic E-state index is -0.0151. The third kappa shape index (κ3) is 3.38. The van der Waals surface area contributed by atoms with E-state index in [1.54, 1.807) is 0 Å². The normalized spacial score (nSPS) is 14.3. The molecule has 1 saturated carbocycles. The Labute approximate surface area is 107 Å². The van der Waals surface area contributed by atoms with Crippen LogP contribution in [0.25, 0.3) is 0 Å². The number of amides is 1. The van der Waals surface area contributed by atoms with E-state index in [9.17, 15) is 4.79 Å². The Bertz CT molecular complexity index is 430. The molecule has 0 spiro atoms. The zero-order valence-electron chi connectivity index (χ0n) is 10.9. The second-order valence-electron chi connectivity index (χ2n) is 4.43. The molecule has 2 rings (SSSR count). The molecule has 1 heterocycles. The lowest BCUT2D eigenvalue weighted by atomic mass is 10.2. The molecule has 6 nitrogen and oxygen atoms in total. The molecule has 1 aliphatic rings. The predicted molar refractivity (Wildman–Crippen MR) is 68.2 cm³/mol. The molecule has 0 radical (unpaired) electrons. The Morgan fingerprint density at radius 1 is 1.22 bits per heavy atom. The van der Waals surface area contributed by atoms with Gasteiger partial charge in [0.05, 0.1) is 17.9 Å². The second-order valence-corrected chi connectivity index (χ2v) is 4.43. The number of nitrogens with one attached hydrogen (secondary N) is 2. The number of nitrogens with zero attached hydrogens (tertiary/aromatic N) is 3. The molecule has 1 aromatic heterocycles. The van der Waals surface area contributed by atoms with E-state index in [0.717, 1.165) is 37.1 Å². The topological polar surface area (TPSA) is 79.8 Å². The molecular formula is C12H19N5O. The van der Waals surface area contributed by atoms with Crippen LogP contribution in [0.5, 0.6) is 0 Å². The number of aryl methyl sites for hydroxylation is 2. The highest BCUT2D eigenvalue weighted by Gasteiger charge is 2.22. The van der Waals surface area contributed by atoms with Gasteiger partial charge < -0.3 is 10.6 Å². The Kier molecular flexibility index (Phi) is 4.07. The van der Waals surface area contributed by atoms with Crippen molar-refractivity contribution < 1.29 is 4.79 Å². The van der Waals surface area contributed by atoms with E-state index in [0.29, 0.717) is 12.0 Å². The van der Waals surface area contributed by atoms with Gasteiger partial charge in [0.1, 0.15) is 0 Å². The molecule has 1 fully saturated rings. The molecule has 1 aromatic rings. The molecule has 1 amide bonds. The first-order chi connectivity index (χ1) is 8.72. The van der Waals surface area contributed by atoms with Crippen molar-refractivity contribution in [2.45, 2.75) is 45.6 Å². The third-order valence-corrected chi connectivity index (χ3v) is 2.86. The molecule has 2 N–H and O–H groups in total. The zero-order valence-corrected chi connectivity index (χ0v) is 10.9. The van der Waals surface area contributed by atoms with Crippen LogP contribution in [0.15, 0.2) is 0 Å². The molecule has 0 unspecified atom stereocenters. The molecule has 0 atom stereocenters. The van der Waals surface area contributed by atoms with Gasteiger partial charge in [0, 0.05) is 6.04 Å². The Hall–Kier alpha value is -1.72. The first kappa shape index (κ1) is 12.7. The summed E-state index contributed by atoms with van der Waals surface area (Å²) >= 11 is 0. The lowest BCUT2D eigenvalue weighted by Gasteiger charge is -2.07. The van der Waals surface area contributed by atoms with Gasteiger partial charge in [-0.1, -0.05) is 13.8 Å². The van der Waals surface area contributed by atoms with E-state index >= 15 is 0 Å². The van der Waals surface area contributed by atoms with Crippen LogP contribution in [0.2, 0.25) is 0 Å². The van der Waals surface area contributed by atoms with E-state index in [1.807, 2.05) is 13.8 Å². The van der Waals surface area contributed by atoms with Gasteiger partial charge in [0.2, 0.25) is 11.9 Å². The highest BCUT2D eigenvalue weighted by atomic mass is 16.2. The largest absolute Gasteiger partial charge is 0.352 e. The predicted octanol–water partition coefficient (Wildman–Crippen LogP) is 0.687. The lowest BCUT2D eigenvalue weighted by Crippen LogP contribution is -2.31. The second kappa shape index (κ2) is 5.75. The van der Waals surface area contributed by atoms with Crippen LogP contribution in [0, 0.1) is 0 Å². The van der Waals surface area contributed by atoms with Gasteiger partial charge in [-0.25, -0.2) is 4.98 Å². The summed E-state index contributed by atoms with van der Waals surface area (Å²) in [7, 11) is 0. The van der Waals surface area contributed by atoms with Crippen LogP contribution in [0.3, 0.4) is 0 Å². The van der Waals surface area contributed by atoms with Crippen molar-refractivity contribution in [1.29, 1.82) is 0 Å². The van der Waals surface area contributed by atoms with E-state index in [1.165, 1.54) is 0 Å². The Balaban J connectivity index is 1.89. The summed E-state index contributed by atoms with van der Waals surface area (Å²) in [5.41, 5.74) is 1.86. The molecule has 6 heteroatoms. The summed E-state index contributed by atoms with van der Waals surface area (Å²) in [6.45, 7) is 4.26. The first-order valence-electron chi connectivity index (χ1n) is 6.48. The summed E-state index contributed by atoms with van der Waals surface area (Å²) in [6, 6.07) is 0.381. The summed E-state index contributed by atoms with van der Waals surface area (Å²) < 4.78 is 0. The average molecular weight is 249 g/mol. The molecule has 98 valence electrons. The van der Waals surface area contributed by atoms with Gasteiger partial charge in [0.15, 0.2) is 0 Å². The highest BCUT2D eigenvalue weighted by molar-refractivity contribution is 5.80.